The van der Waals surface area contributed by atoms with E-state index in [1.807, 2.05) is 0 Å². The molecule has 12 heavy (non-hydrogen) atoms. The molecular formula is C8H10N2O2. The minimum absolute atomic E-state index is 0.118. The van der Waals surface area contributed by atoms with E-state index in [9.17, 15) is 4.79 Å². The maximum atomic E-state index is 10.5. The second kappa shape index (κ2) is 3.23. The summed E-state index contributed by atoms with van der Waals surface area (Å²) in [5.41, 5.74) is 12.0. The zero-order chi connectivity index (χ0) is 9.14. The third-order valence-electron chi connectivity index (χ3n) is 1.58. The molecule has 0 amide bonds. The van der Waals surface area contributed by atoms with Crippen LogP contribution >= 0.6 is 0 Å². The van der Waals surface area contributed by atoms with Gasteiger partial charge in [-0.1, -0.05) is 6.07 Å². The Kier molecular flexibility index (Phi) is 2.30. The Morgan fingerprint density at radius 3 is 2.58 bits per heavy atom. The Bertz CT molecular complexity index is 310. The van der Waals surface area contributed by atoms with Crippen molar-refractivity contribution in [3.63, 3.8) is 0 Å². The van der Waals surface area contributed by atoms with Crippen molar-refractivity contribution in [1.82, 2.24) is 0 Å². The van der Waals surface area contributed by atoms with Crippen LogP contribution in [0.4, 0.5) is 5.69 Å². The summed E-state index contributed by atoms with van der Waals surface area (Å²) in [7, 11) is 0. The third-order valence-corrected chi connectivity index (χ3v) is 1.58. The number of benzene rings is 1. The molecule has 4 heteroatoms. The molecular weight excluding hydrogens is 156 g/mol. The summed E-state index contributed by atoms with van der Waals surface area (Å²) < 4.78 is 0. The van der Waals surface area contributed by atoms with Crippen LogP contribution in [0, 0.1) is 0 Å². The highest BCUT2D eigenvalue weighted by Gasteiger charge is 2.06. The molecule has 0 aliphatic heterocycles. The van der Waals surface area contributed by atoms with Crippen molar-refractivity contribution >= 4 is 11.7 Å². The zero-order valence-electron chi connectivity index (χ0n) is 6.45. The first-order valence-corrected chi connectivity index (χ1v) is 3.47. The van der Waals surface area contributed by atoms with Crippen LogP contribution in [0.3, 0.4) is 0 Å². The van der Waals surface area contributed by atoms with Crippen LogP contribution in [0.2, 0.25) is 0 Å². The Labute approximate surface area is 69.8 Å². The van der Waals surface area contributed by atoms with Gasteiger partial charge >= 0.3 is 5.97 Å². The molecule has 0 heterocycles. The first kappa shape index (κ1) is 8.55. The lowest BCUT2D eigenvalue weighted by atomic mass is 10.1. The summed E-state index contributed by atoms with van der Waals surface area (Å²) in [5, 5.41) is 8.62. The normalized spacial score (nSPS) is 9.75. The van der Waals surface area contributed by atoms with Gasteiger partial charge in [0.25, 0.3) is 0 Å². The first-order valence-electron chi connectivity index (χ1n) is 3.47. The molecule has 0 spiro atoms. The Morgan fingerprint density at radius 2 is 2.17 bits per heavy atom. The van der Waals surface area contributed by atoms with E-state index in [1.165, 1.54) is 6.07 Å². The lowest BCUT2D eigenvalue weighted by Gasteiger charge is -2.02. The summed E-state index contributed by atoms with van der Waals surface area (Å²) in [6, 6.07) is 4.68. The number of nitrogen functional groups attached to an aromatic ring is 1. The van der Waals surface area contributed by atoms with Crippen molar-refractivity contribution < 1.29 is 9.90 Å². The van der Waals surface area contributed by atoms with Crippen LogP contribution in [0.1, 0.15) is 15.9 Å². The van der Waals surface area contributed by atoms with Gasteiger partial charge in [-0.25, -0.2) is 4.79 Å². The number of hydrogen-bond acceptors (Lipinski definition) is 3. The molecule has 0 aliphatic rings. The quantitative estimate of drug-likeness (QED) is 0.555. The van der Waals surface area contributed by atoms with E-state index in [1.54, 1.807) is 12.1 Å². The maximum absolute atomic E-state index is 10.5. The predicted molar refractivity (Wildman–Crippen MR) is 45.7 cm³/mol. The summed E-state index contributed by atoms with van der Waals surface area (Å²) in [5.74, 6) is -1.02. The number of hydrogen-bond donors (Lipinski definition) is 3. The molecule has 0 fully saturated rings. The molecule has 0 aromatic heterocycles. The van der Waals surface area contributed by atoms with Gasteiger partial charge in [0.1, 0.15) is 0 Å². The summed E-state index contributed by atoms with van der Waals surface area (Å²) in [6.07, 6.45) is 0. The Hall–Kier alpha value is -1.55. The number of carboxylic acids is 1. The van der Waals surface area contributed by atoms with Gasteiger partial charge in [-0.05, 0) is 17.7 Å². The molecule has 0 unspecified atom stereocenters. The first-order chi connectivity index (χ1) is 5.65. The molecule has 1 aromatic carbocycles. The molecule has 0 saturated heterocycles. The summed E-state index contributed by atoms with van der Waals surface area (Å²) >= 11 is 0. The number of carboxylic acid groups (broad SMARTS) is 1. The van der Waals surface area contributed by atoms with Gasteiger partial charge in [0.05, 0.1) is 5.56 Å². The maximum Gasteiger partial charge on any atom is 0.337 e. The largest absolute Gasteiger partial charge is 0.478 e. The minimum atomic E-state index is -1.02. The van der Waals surface area contributed by atoms with Gasteiger partial charge in [-0.3, -0.25) is 0 Å². The lowest BCUT2D eigenvalue weighted by Crippen LogP contribution is -2.04. The highest BCUT2D eigenvalue weighted by atomic mass is 16.4. The van der Waals surface area contributed by atoms with Crippen LogP contribution in [0.25, 0.3) is 0 Å². The average Bonchev–Trinajstić information content (AvgIpc) is 2.03. The number of anilines is 1. The number of carbonyl (C=O) groups is 1. The van der Waals surface area contributed by atoms with Crippen LogP contribution in [0.5, 0.6) is 0 Å². The molecule has 5 N–H and O–H groups in total. The van der Waals surface area contributed by atoms with Gasteiger partial charge in [0.2, 0.25) is 0 Å². The monoisotopic (exact) mass is 166 g/mol. The second-order valence-electron chi connectivity index (χ2n) is 2.43. The summed E-state index contributed by atoms with van der Waals surface area (Å²) in [4.78, 5) is 10.5. The van der Waals surface area contributed by atoms with Crippen LogP contribution in [0.15, 0.2) is 18.2 Å². The van der Waals surface area contributed by atoms with E-state index in [-0.39, 0.29) is 11.3 Å². The second-order valence-corrected chi connectivity index (χ2v) is 2.43. The van der Waals surface area contributed by atoms with Crippen molar-refractivity contribution in [3.05, 3.63) is 29.3 Å². The fraction of sp³-hybridized carbons (Fsp3) is 0.125. The van der Waals surface area contributed by atoms with Crippen molar-refractivity contribution in [1.29, 1.82) is 0 Å². The molecule has 0 bridgehead atoms. The van der Waals surface area contributed by atoms with E-state index in [4.69, 9.17) is 16.6 Å². The van der Waals surface area contributed by atoms with E-state index >= 15 is 0 Å². The SMILES string of the molecule is NCc1ccc(C(=O)O)c(N)c1. The molecule has 0 saturated carbocycles. The molecule has 1 rings (SSSR count). The standard InChI is InChI=1S/C8H10N2O2/c9-4-5-1-2-6(8(11)12)7(10)3-5/h1-3H,4,9-10H2,(H,11,12). The van der Waals surface area contributed by atoms with E-state index in [2.05, 4.69) is 0 Å². The molecule has 4 nitrogen and oxygen atoms in total. The minimum Gasteiger partial charge on any atom is -0.478 e. The van der Waals surface area contributed by atoms with Gasteiger partial charge < -0.3 is 16.6 Å². The average molecular weight is 166 g/mol. The number of nitrogens with two attached hydrogens (primary N) is 2. The number of aromatic carboxylic acids is 1. The van der Waals surface area contributed by atoms with Crippen molar-refractivity contribution in [3.8, 4) is 0 Å². The summed E-state index contributed by atoms with van der Waals surface area (Å²) in [6.45, 7) is 0.365. The van der Waals surface area contributed by atoms with Crippen molar-refractivity contribution in [2.75, 3.05) is 5.73 Å². The van der Waals surface area contributed by atoms with E-state index < -0.39 is 5.97 Å². The van der Waals surface area contributed by atoms with Gasteiger partial charge in [0.15, 0.2) is 0 Å². The van der Waals surface area contributed by atoms with Crippen molar-refractivity contribution in [2.45, 2.75) is 6.54 Å². The van der Waals surface area contributed by atoms with Gasteiger partial charge in [-0.2, -0.15) is 0 Å². The van der Waals surface area contributed by atoms with Crippen LogP contribution in [-0.4, -0.2) is 11.1 Å². The molecule has 0 atom stereocenters. The molecule has 1 aromatic rings. The third kappa shape index (κ3) is 1.54. The fourth-order valence-electron chi connectivity index (χ4n) is 0.934. The Balaban J connectivity index is 3.12. The van der Waals surface area contributed by atoms with Crippen molar-refractivity contribution in [2.24, 2.45) is 5.73 Å². The van der Waals surface area contributed by atoms with Gasteiger partial charge in [-0.15, -0.1) is 0 Å². The van der Waals surface area contributed by atoms with E-state index in [0.29, 0.717) is 6.54 Å². The predicted octanol–water partition coefficient (Wildman–Crippen LogP) is 0.426. The molecule has 0 radical (unpaired) electrons. The highest BCUT2D eigenvalue weighted by Crippen LogP contribution is 2.13. The lowest BCUT2D eigenvalue weighted by molar-refractivity contribution is 0.0698. The molecule has 64 valence electrons. The Morgan fingerprint density at radius 1 is 1.50 bits per heavy atom. The van der Waals surface area contributed by atoms with Gasteiger partial charge in [0, 0.05) is 12.2 Å². The topological polar surface area (TPSA) is 89.3 Å². The highest BCUT2D eigenvalue weighted by molar-refractivity contribution is 5.93. The van der Waals surface area contributed by atoms with E-state index in [0.717, 1.165) is 5.56 Å². The van der Waals surface area contributed by atoms with Crippen LogP contribution in [-0.2, 0) is 6.54 Å². The van der Waals surface area contributed by atoms with Crippen LogP contribution < -0.4 is 11.5 Å². The smallest absolute Gasteiger partial charge is 0.337 e. The fourth-order valence-corrected chi connectivity index (χ4v) is 0.934. The molecule has 0 aliphatic carbocycles. The number of rotatable bonds is 2. The zero-order valence-corrected chi connectivity index (χ0v) is 6.45.